The van der Waals surface area contributed by atoms with E-state index in [1.807, 2.05) is 18.2 Å². The Balaban J connectivity index is 1.50. The van der Waals surface area contributed by atoms with Crippen LogP contribution in [0.5, 0.6) is 11.5 Å². The van der Waals surface area contributed by atoms with Gasteiger partial charge in [0.15, 0.2) is 0 Å². The summed E-state index contributed by atoms with van der Waals surface area (Å²) in [5.41, 5.74) is 1.07. The monoisotopic (exact) mass is 320 g/mol. The van der Waals surface area contributed by atoms with Gasteiger partial charge in [0.25, 0.3) is 0 Å². The average Bonchev–Trinajstić information content (AvgIpc) is 3.09. The summed E-state index contributed by atoms with van der Waals surface area (Å²) >= 11 is 0. The molecule has 1 N–H and O–H groups in total. The number of piperidine rings is 1. The molecule has 23 heavy (non-hydrogen) atoms. The molecule has 2 aliphatic heterocycles. The lowest BCUT2D eigenvalue weighted by Gasteiger charge is -2.34. The molecule has 2 fully saturated rings. The minimum absolute atomic E-state index is 0.517. The molecule has 0 aromatic heterocycles. The largest absolute Gasteiger partial charge is 0.497 e. The number of rotatable bonds is 6. The Kier molecular flexibility index (Phi) is 5.62. The highest BCUT2D eigenvalue weighted by molar-refractivity contribution is 5.54. The van der Waals surface area contributed by atoms with Crippen molar-refractivity contribution in [3.8, 4) is 11.5 Å². The van der Waals surface area contributed by atoms with E-state index in [2.05, 4.69) is 10.2 Å². The van der Waals surface area contributed by atoms with E-state index in [-0.39, 0.29) is 0 Å². The van der Waals surface area contributed by atoms with Crippen molar-refractivity contribution in [3.63, 3.8) is 0 Å². The molecule has 2 aliphatic rings. The lowest BCUT2D eigenvalue weighted by molar-refractivity contribution is 0.154. The maximum absolute atomic E-state index is 5.48. The van der Waals surface area contributed by atoms with Gasteiger partial charge in [-0.2, -0.15) is 0 Å². The number of likely N-dealkylation sites (tertiary alicyclic amines) is 1. The molecule has 0 bridgehead atoms. The predicted octanol–water partition coefficient (Wildman–Crippen LogP) is 2.62. The molecular formula is C18H28N2O3. The zero-order chi connectivity index (χ0) is 16.1. The van der Waals surface area contributed by atoms with E-state index in [0.717, 1.165) is 49.4 Å². The molecule has 0 amide bonds. The van der Waals surface area contributed by atoms with Crippen molar-refractivity contribution in [2.24, 2.45) is 5.92 Å². The molecule has 0 unspecified atom stereocenters. The summed E-state index contributed by atoms with van der Waals surface area (Å²) in [5, 5.41) is 3.63. The van der Waals surface area contributed by atoms with Gasteiger partial charge < -0.3 is 24.4 Å². The molecule has 5 heteroatoms. The maximum Gasteiger partial charge on any atom is 0.124 e. The highest BCUT2D eigenvalue weighted by atomic mass is 16.5. The standard InChI is InChI=1S/C18H28N2O3/c1-21-17-9-16(10-18(11-17)22-2)19-15-3-6-20(7-4-15)12-14-5-8-23-13-14/h9-11,14-15,19H,3-8,12-13H2,1-2H3/t14-/m1/s1. The summed E-state index contributed by atoms with van der Waals surface area (Å²) in [5.74, 6) is 2.39. The molecule has 3 rings (SSSR count). The second-order valence-corrected chi connectivity index (χ2v) is 6.55. The van der Waals surface area contributed by atoms with Crippen molar-refractivity contribution >= 4 is 5.69 Å². The van der Waals surface area contributed by atoms with Crippen LogP contribution in [0.15, 0.2) is 18.2 Å². The Labute approximate surface area is 138 Å². The van der Waals surface area contributed by atoms with Crippen LogP contribution in [0.2, 0.25) is 0 Å². The average molecular weight is 320 g/mol. The van der Waals surface area contributed by atoms with Gasteiger partial charge in [0.05, 0.1) is 20.8 Å². The van der Waals surface area contributed by atoms with Gasteiger partial charge in [0, 0.05) is 56.2 Å². The van der Waals surface area contributed by atoms with E-state index in [9.17, 15) is 0 Å². The van der Waals surface area contributed by atoms with E-state index in [1.165, 1.54) is 25.8 Å². The first kappa shape index (κ1) is 16.4. The summed E-state index contributed by atoms with van der Waals surface area (Å²) in [6.07, 6.45) is 3.57. The molecule has 0 radical (unpaired) electrons. The lowest BCUT2D eigenvalue weighted by Crippen LogP contribution is -2.41. The van der Waals surface area contributed by atoms with Crippen LogP contribution in [0.1, 0.15) is 19.3 Å². The normalized spacial score (nSPS) is 23.0. The van der Waals surface area contributed by atoms with Crippen molar-refractivity contribution < 1.29 is 14.2 Å². The second kappa shape index (κ2) is 7.88. The highest BCUT2D eigenvalue weighted by Crippen LogP contribution is 2.27. The van der Waals surface area contributed by atoms with E-state index in [1.54, 1.807) is 14.2 Å². The Morgan fingerprint density at radius 2 is 1.78 bits per heavy atom. The number of methoxy groups -OCH3 is 2. The third-order valence-electron chi connectivity index (χ3n) is 4.85. The lowest BCUT2D eigenvalue weighted by atomic mass is 10.0. The smallest absolute Gasteiger partial charge is 0.124 e. The van der Waals surface area contributed by atoms with Gasteiger partial charge in [-0.3, -0.25) is 0 Å². The van der Waals surface area contributed by atoms with Gasteiger partial charge in [-0.1, -0.05) is 0 Å². The third-order valence-corrected chi connectivity index (χ3v) is 4.85. The van der Waals surface area contributed by atoms with Gasteiger partial charge in [-0.05, 0) is 25.2 Å². The van der Waals surface area contributed by atoms with Crippen LogP contribution in [-0.2, 0) is 4.74 Å². The Morgan fingerprint density at radius 3 is 2.35 bits per heavy atom. The molecule has 128 valence electrons. The van der Waals surface area contributed by atoms with Gasteiger partial charge in [-0.15, -0.1) is 0 Å². The van der Waals surface area contributed by atoms with Gasteiger partial charge in [0.1, 0.15) is 11.5 Å². The second-order valence-electron chi connectivity index (χ2n) is 6.55. The first-order valence-corrected chi connectivity index (χ1v) is 8.56. The van der Waals surface area contributed by atoms with Crippen LogP contribution in [0.25, 0.3) is 0 Å². The quantitative estimate of drug-likeness (QED) is 0.873. The van der Waals surface area contributed by atoms with Crippen molar-refractivity contribution in [3.05, 3.63) is 18.2 Å². The number of hydrogen-bond donors (Lipinski definition) is 1. The van der Waals surface area contributed by atoms with Crippen LogP contribution in [-0.4, -0.2) is 58.0 Å². The molecule has 0 spiro atoms. The van der Waals surface area contributed by atoms with Crippen LogP contribution >= 0.6 is 0 Å². The third kappa shape index (κ3) is 4.52. The molecule has 1 aromatic carbocycles. The zero-order valence-electron chi connectivity index (χ0n) is 14.2. The van der Waals surface area contributed by atoms with Crippen molar-refractivity contribution in [1.82, 2.24) is 4.90 Å². The predicted molar refractivity (Wildman–Crippen MR) is 91.6 cm³/mol. The topological polar surface area (TPSA) is 43.0 Å². The molecule has 5 nitrogen and oxygen atoms in total. The van der Waals surface area contributed by atoms with E-state index in [0.29, 0.717) is 6.04 Å². The van der Waals surface area contributed by atoms with Crippen LogP contribution in [0.3, 0.4) is 0 Å². The minimum atomic E-state index is 0.517. The number of hydrogen-bond acceptors (Lipinski definition) is 5. The van der Waals surface area contributed by atoms with Gasteiger partial charge in [-0.25, -0.2) is 0 Å². The van der Waals surface area contributed by atoms with Crippen molar-refractivity contribution in [2.75, 3.05) is 52.4 Å². The number of ether oxygens (including phenoxy) is 3. The van der Waals surface area contributed by atoms with Gasteiger partial charge >= 0.3 is 0 Å². The first-order valence-electron chi connectivity index (χ1n) is 8.56. The molecule has 1 atom stereocenters. The van der Waals surface area contributed by atoms with Crippen molar-refractivity contribution in [2.45, 2.75) is 25.3 Å². The maximum atomic E-state index is 5.48. The minimum Gasteiger partial charge on any atom is -0.497 e. The number of anilines is 1. The van der Waals surface area contributed by atoms with Crippen LogP contribution in [0, 0.1) is 5.92 Å². The van der Waals surface area contributed by atoms with E-state index in [4.69, 9.17) is 14.2 Å². The zero-order valence-corrected chi connectivity index (χ0v) is 14.2. The summed E-state index contributed by atoms with van der Waals surface area (Å²) in [4.78, 5) is 2.59. The first-order chi connectivity index (χ1) is 11.3. The molecule has 0 saturated carbocycles. The molecule has 2 saturated heterocycles. The number of nitrogens with zero attached hydrogens (tertiary/aromatic N) is 1. The number of nitrogens with one attached hydrogen (secondary N) is 1. The van der Waals surface area contributed by atoms with Crippen LogP contribution in [0.4, 0.5) is 5.69 Å². The molecule has 1 aromatic rings. The fraction of sp³-hybridized carbons (Fsp3) is 0.667. The highest BCUT2D eigenvalue weighted by Gasteiger charge is 2.23. The Morgan fingerprint density at radius 1 is 1.09 bits per heavy atom. The summed E-state index contributed by atoms with van der Waals surface area (Å²) in [7, 11) is 3.37. The van der Waals surface area contributed by atoms with E-state index < -0.39 is 0 Å². The Bertz CT molecular complexity index is 473. The van der Waals surface area contributed by atoms with Crippen molar-refractivity contribution in [1.29, 1.82) is 0 Å². The van der Waals surface area contributed by atoms with Gasteiger partial charge in [0.2, 0.25) is 0 Å². The molecular weight excluding hydrogens is 292 g/mol. The number of benzene rings is 1. The molecule has 2 heterocycles. The summed E-state index contributed by atoms with van der Waals surface area (Å²) < 4.78 is 16.2. The summed E-state index contributed by atoms with van der Waals surface area (Å²) in [6, 6.07) is 6.48. The molecule has 0 aliphatic carbocycles. The van der Waals surface area contributed by atoms with E-state index >= 15 is 0 Å². The summed E-state index contributed by atoms with van der Waals surface area (Å²) in [6.45, 7) is 5.41. The fourth-order valence-corrected chi connectivity index (χ4v) is 3.48. The van der Waals surface area contributed by atoms with Crippen LogP contribution < -0.4 is 14.8 Å². The Hall–Kier alpha value is -1.46. The fourth-order valence-electron chi connectivity index (χ4n) is 3.48. The SMILES string of the molecule is COc1cc(NC2CCN(C[C@H]3CCOC3)CC2)cc(OC)c1.